The van der Waals surface area contributed by atoms with Gasteiger partial charge >= 0.3 is 6.18 Å². The molecule has 0 aliphatic carbocycles. The molecule has 0 radical (unpaired) electrons. The van der Waals surface area contributed by atoms with Gasteiger partial charge in [0.2, 0.25) is 0 Å². The maximum atomic E-state index is 12.6. The molecule has 1 aliphatic heterocycles. The Balaban J connectivity index is 1.47. The summed E-state index contributed by atoms with van der Waals surface area (Å²) >= 11 is 0. The molecule has 4 heteroatoms. The average Bonchev–Trinajstić information content (AvgIpc) is 2.61. The van der Waals surface area contributed by atoms with Crippen molar-refractivity contribution in [2.24, 2.45) is 0 Å². The fourth-order valence-electron chi connectivity index (χ4n) is 3.36. The standard InChI is InChI=1S/C20H22F3N/c21-20(22,23)19-8-6-16(7-9-19)10-13-24-14-11-18(12-15-24)17-4-2-1-3-5-17/h1-9,18H,10-15H2. The van der Waals surface area contributed by atoms with Crippen LogP contribution in [0.15, 0.2) is 54.6 Å². The van der Waals surface area contributed by atoms with E-state index in [1.54, 1.807) is 12.1 Å². The lowest BCUT2D eigenvalue weighted by atomic mass is 9.89. The summed E-state index contributed by atoms with van der Waals surface area (Å²) in [5.41, 5.74) is 1.81. The Kier molecular flexibility index (Phi) is 5.24. The molecule has 0 atom stereocenters. The minimum absolute atomic E-state index is 0.574. The lowest BCUT2D eigenvalue weighted by Crippen LogP contribution is -2.34. The van der Waals surface area contributed by atoms with Crippen molar-refractivity contribution in [2.45, 2.75) is 31.4 Å². The van der Waals surface area contributed by atoms with E-state index < -0.39 is 11.7 Å². The molecule has 1 fully saturated rings. The van der Waals surface area contributed by atoms with Crippen molar-refractivity contribution in [3.05, 3.63) is 71.3 Å². The van der Waals surface area contributed by atoms with Gasteiger partial charge in [-0.3, -0.25) is 0 Å². The van der Waals surface area contributed by atoms with Crippen LogP contribution >= 0.6 is 0 Å². The van der Waals surface area contributed by atoms with Gasteiger partial charge in [0.15, 0.2) is 0 Å². The van der Waals surface area contributed by atoms with E-state index in [4.69, 9.17) is 0 Å². The number of nitrogens with zero attached hydrogens (tertiary/aromatic N) is 1. The fraction of sp³-hybridized carbons (Fsp3) is 0.400. The zero-order chi connectivity index (χ0) is 17.0. The van der Waals surface area contributed by atoms with Crippen LogP contribution in [0.5, 0.6) is 0 Å². The monoisotopic (exact) mass is 333 g/mol. The van der Waals surface area contributed by atoms with Gasteiger partial charge in [0.1, 0.15) is 0 Å². The summed E-state index contributed by atoms with van der Waals surface area (Å²) in [7, 11) is 0. The minimum Gasteiger partial charge on any atom is -0.303 e. The summed E-state index contributed by atoms with van der Waals surface area (Å²) < 4.78 is 37.7. The second-order valence-corrected chi connectivity index (χ2v) is 6.47. The van der Waals surface area contributed by atoms with Crippen LogP contribution in [0.25, 0.3) is 0 Å². The number of piperidine rings is 1. The largest absolute Gasteiger partial charge is 0.416 e. The summed E-state index contributed by atoms with van der Waals surface area (Å²) in [5.74, 6) is 0.633. The highest BCUT2D eigenvalue weighted by atomic mass is 19.4. The summed E-state index contributed by atoms with van der Waals surface area (Å²) in [4.78, 5) is 2.41. The number of halogens is 3. The second-order valence-electron chi connectivity index (χ2n) is 6.47. The third-order valence-corrected chi connectivity index (χ3v) is 4.86. The first-order valence-electron chi connectivity index (χ1n) is 8.46. The van der Waals surface area contributed by atoms with Gasteiger partial charge in [-0.1, -0.05) is 42.5 Å². The fourth-order valence-corrected chi connectivity index (χ4v) is 3.36. The Labute approximate surface area is 141 Å². The molecule has 1 nitrogen and oxygen atoms in total. The minimum atomic E-state index is -4.25. The smallest absolute Gasteiger partial charge is 0.303 e. The van der Waals surface area contributed by atoms with Crippen LogP contribution in [0.1, 0.15) is 35.4 Å². The summed E-state index contributed by atoms with van der Waals surface area (Å²) in [6.07, 6.45) is -1.15. The topological polar surface area (TPSA) is 3.24 Å². The van der Waals surface area contributed by atoms with Gasteiger partial charge in [-0.05, 0) is 61.5 Å². The van der Waals surface area contributed by atoms with Gasteiger partial charge in [0, 0.05) is 6.54 Å². The Morgan fingerprint density at radius 1 is 0.875 bits per heavy atom. The molecule has 2 aromatic rings. The van der Waals surface area contributed by atoms with Crippen LogP contribution in [-0.4, -0.2) is 24.5 Å². The molecule has 0 unspecified atom stereocenters. The van der Waals surface area contributed by atoms with Crippen molar-refractivity contribution < 1.29 is 13.2 Å². The molecule has 1 heterocycles. The summed E-state index contributed by atoms with van der Waals surface area (Å²) in [5, 5.41) is 0. The predicted molar refractivity (Wildman–Crippen MR) is 90.0 cm³/mol. The molecular formula is C20H22F3N. The van der Waals surface area contributed by atoms with Crippen molar-refractivity contribution in [1.82, 2.24) is 4.90 Å². The van der Waals surface area contributed by atoms with Crippen LogP contribution in [0.2, 0.25) is 0 Å². The van der Waals surface area contributed by atoms with Crippen molar-refractivity contribution in [3.8, 4) is 0 Å². The molecule has 24 heavy (non-hydrogen) atoms. The maximum absolute atomic E-state index is 12.6. The maximum Gasteiger partial charge on any atom is 0.416 e. The first-order chi connectivity index (χ1) is 11.5. The molecular weight excluding hydrogens is 311 g/mol. The van der Waals surface area contributed by atoms with Gasteiger partial charge in [-0.25, -0.2) is 0 Å². The van der Waals surface area contributed by atoms with Gasteiger partial charge in [-0.15, -0.1) is 0 Å². The molecule has 3 rings (SSSR count). The molecule has 128 valence electrons. The van der Waals surface area contributed by atoms with Crippen LogP contribution in [-0.2, 0) is 12.6 Å². The van der Waals surface area contributed by atoms with Gasteiger partial charge in [-0.2, -0.15) is 13.2 Å². The molecule has 0 N–H and O–H groups in total. The van der Waals surface area contributed by atoms with Gasteiger partial charge in [0.25, 0.3) is 0 Å². The summed E-state index contributed by atoms with van der Waals surface area (Å²) in [6.45, 7) is 3.02. The second kappa shape index (κ2) is 7.39. The Bertz CT molecular complexity index is 626. The normalized spacial score (nSPS) is 17.1. The lowest BCUT2D eigenvalue weighted by molar-refractivity contribution is -0.137. The number of hydrogen-bond donors (Lipinski definition) is 0. The highest BCUT2D eigenvalue weighted by molar-refractivity contribution is 5.25. The van der Waals surface area contributed by atoms with Crippen molar-refractivity contribution >= 4 is 0 Å². The number of alkyl halides is 3. The zero-order valence-corrected chi connectivity index (χ0v) is 13.6. The Morgan fingerprint density at radius 2 is 1.50 bits per heavy atom. The number of likely N-dealkylation sites (tertiary alicyclic amines) is 1. The van der Waals surface area contributed by atoms with Crippen LogP contribution < -0.4 is 0 Å². The van der Waals surface area contributed by atoms with E-state index in [2.05, 4.69) is 29.2 Å². The van der Waals surface area contributed by atoms with Crippen molar-refractivity contribution in [1.29, 1.82) is 0 Å². The number of benzene rings is 2. The molecule has 2 aromatic carbocycles. The molecule has 0 saturated carbocycles. The highest BCUT2D eigenvalue weighted by Gasteiger charge is 2.29. The van der Waals surface area contributed by atoms with E-state index in [0.29, 0.717) is 5.92 Å². The van der Waals surface area contributed by atoms with Crippen LogP contribution in [0, 0.1) is 0 Å². The first-order valence-corrected chi connectivity index (χ1v) is 8.46. The van der Waals surface area contributed by atoms with E-state index >= 15 is 0 Å². The van der Waals surface area contributed by atoms with E-state index in [0.717, 1.165) is 44.5 Å². The molecule has 0 amide bonds. The van der Waals surface area contributed by atoms with E-state index in [1.807, 2.05) is 6.07 Å². The third-order valence-electron chi connectivity index (χ3n) is 4.86. The molecule has 0 aromatic heterocycles. The van der Waals surface area contributed by atoms with E-state index in [1.165, 1.54) is 17.7 Å². The molecule has 0 bridgehead atoms. The zero-order valence-electron chi connectivity index (χ0n) is 13.6. The first kappa shape index (κ1) is 17.0. The number of hydrogen-bond acceptors (Lipinski definition) is 1. The van der Waals surface area contributed by atoms with Gasteiger partial charge in [0.05, 0.1) is 5.56 Å². The quantitative estimate of drug-likeness (QED) is 0.750. The SMILES string of the molecule is FC(F)(F)c1ccc(CCN2CCC(c3ccccc3)CC2)cc1. The highest BCUT2D eigenvalue weighted by Crippen LogP contribution is 2.30. The number of rotatable bonds is 4. The Hall–Kier alpha value is -1.81. The van der Waals surface area contributed by atoms with Crippen molar-refractivity contribution in [3.63, 3.8) is 0 Å². The third kappa shape index (κ3) is 4.38. The average molecular weight is 333 g/mol. The van der Waals surface area contributed by atoms with E-state index in [-0.39, 0.29) is 0 Å². The van der Waals surface area contributed by atoms with Gasteiger partial charge < -0.3 is 4.90 Å². The van der Waals surface area contributed by atoms with Crippen molar-refractivity contribution in [2.75, 3.05) is 19.6 Å². The van der Waals surface area contributed by atoms with Crippen LogP contribution in [0.3, 0.4) is 0 Å². The molecule has 1 saturated heterocycles. The predicted octanol–water partition coefficient (Wildman–Crippen LogP) is 5.13. The lowest BCUT2D eigenvalue weighted by Gasteiger charge is -2.32. The summed E-state index contributed by atoms with van der Waals surface area (Å²) in [6, 6.07) is 16.2. The Morgan fingerprint density at radius 3 is 2.08 bits per heavy atom. The van der Waals surface area contributed by atoms with Crippen LogP contribution in [0.4, 0.5) is 13.2 Å². The molecule has 0 spiro atoms. The van der Waals surface area contributed by atoms with E-state index in [9.17, 15) is 13.2 Å². The molecule has 1 aliphatic rings.